The predicted molar refractivity (Wildman–Crippen MR) is 45.1 cm³/mol. The van der Waals surface area contributed by atoms with Crippen LogP contribution in [0, 0.1) is 0 Å². The van der Waals surface area contributed by atoms with Gasteiger partial charge < -0.3 is 18.9 Å². The fraction of sp³-hybridized carbons (Fsp3) is 1.00. The van der Waals surface area contributed by atoms with Gasteiger partial charge in [-0.25, -0.2) is 0 Å². The van der Waals surface area contributed by atoms with Crippen LogP contribution in [0.15, 0.2) is 0 Å². The summed E-state index contributed by atoms with van der Waals surface area (Å²) in [5, 5.41) is 0. The van der Waals surface area contributed by atoms with Gasteiger partial charge in [-0.3, -0.25) is 0 Å². The third-order valence-corrected chi connectivity index (χ3v) is 1.42. The van der Waals surface area contributed by atoms with Crippen LogP contribution in [0.1, 0.15) is 6.42 Å². The monoisotopic (exact) mass is 178 g/mol. The smallest absolute Gasteiger partial charge is 0.180 e. The van der Waals surface area contributed by atoms with Crippen molar-refractivity contribution in [2.75, 3.05) is 41.2 Å². The van der Waals surface area contributed by atoms with E-state index in [1.165, 1.54) is 0 Å². The molecule has 12 heavy (non-hydrogen) atoms. The highest BCUT2D eigenvalue weighted by Crippen LogP contribution is 1.92. The van der Waals surface area contributed by atoms with Crippen LogP contribution < -0.4 is 0 Å². The fourth-order valence-electron chi connectivity index (χ4n) is 0.717. The molecule has 0 unspecified atom stereocenters. The molecule has 0 atom stereocenters. The molecule has 0 radical (unpaired) electrons. The maximum absolute atomic E-state index is 5.25. The molecule has 4 nitrogen and oxygen atoms in total. The second-order valence-electron chi connectivity index (χ2n) is 2.32. The Kier molecular flexibility index (Phi) is 8.81. The van der Waals surface area contributed by atoms with Gasteiger partial charge in [0.2, 0.25) is 0 Å². The van der Waals surface area contributed by atoms with E-state index in [0.29, 0.717) is 13.2 Å². The Morgan fingerprint density at radius 1 is 1.00 bits per heavy atom. The van der Waals surface area contributed by atoms with Crippen molar-refractivity contribution in [3.8, 4) is 0 Å². The van der Waals surface area contributed by atoms with Crippen molar-refractivity contribution in [2.24, 2.45) is 0 Å². The predicted octanol–water partition coefficient (Wildman–Crippen LogP) is 0.658. The quantitative estimate of drug-likeness (QED) is 0.404. The van der Waals surface area contributed by atoms with Crippen molar-refractivity contribution >= 4 is 0 Å². The maximum Gasteiger partial charge on any atom is 0.180 e. The third-order valence-electron chi connectivity index (χ3n) is 1.42. The number of rotatable bonds is 8. The number of methoxy groups -OCH3 is 3. The minimum absolute atomic E-state index is 0.257. The molecule has 0 aromatic rings. The Balaban J connectivity index is 3.06. The van der Waals surface area contributed by atoms with Gasteiger partial charge in [0, 0.05) is 34.5 Å². The summed E-state index contributed by atoms with van der Waals surface area (Å²) in [6, 6.07) is 0. The lowest BCUT2D eigenvalue weighted by Gasteiger charge is -2.12. The molecule has 0 heterocycles. The molecule has 0 aromatic heterocycles. The Morgan fingerprint density at radius 2 is 1.67 bits per heavy atom. The summed E-state index contributed by atoms with van der Waals surface area (Å²) in [5.74, 6) is 0. The molecule has 0 rings (SSSR count). The first kappa shape index (κ1) is 11.8. The number of hydrogen-bond acceptors (Lipinski definition) is 4. The summed E-state index contributed by atoms with van der Waals surface area (Å²) in [6.45, 7) is 1.87. The molecule has 0 aromatic carbocycles. The molecule has 0 aliphatic carbocycles. The van der Waals surface area contributed by atoms with E-state index in [1.54, 1.807) is 21.3 Å². The lowest BCUT2D eigenvalue weighted by Crippen LogP contribution is -2.20. The van der Waals surface area contributed by atoms with Crippen molar-refractivity contribution in [3.05, 3.63) is 0 Å². The molecule has 0 aliphatic heterocycles. The highest BCUT2D eigenvalue weighted by atomic mass is 16.7. The Hall–Kier alpha value is -0.160. The lowest BCUT2D eigenvalue weighted by atomic mass is 10.5. The molecule has 74 valence electrons. The molecule has 0 fully saturated rings. The summed E-state index contributed by atoms with van der Waals surface area (Å²) in [4.78, 5) is 0. The van der Waals surface area contributed by atoms with E-state index < -0.39 is 0 Å². The van der Waals surface area contributed by atoms with Gasteiger partial charge in [-0.05, 0) is 6.42 Å². The van der Waals surface area contributed by atoms with Crippen molar-refractivity contribution in [2.45, 2.75) is 12.7 Å². The zero-order valence-electron chi connectivity index (χ0n) is 8.04. The zero-order chi connectivity index (χ0) is 9.23. The molecule has 4 heteroatoms. The van der Waals surface area contributed by atoms with Crippen LogP contribution in [0.2, 0.25) is 0 Å². The molecule has 0 N–H and O–H groups in total. The van der Waals surface area contributed by atoms with Crippen LogP contribution in [-0.2, 0) is 18.9 Å². The van der Waals surface area contributed by atoms with Crippen LogP contribution in [0.5, 0.6) is 0 Å². The fourth-order valence-corrected chi connectivity index (χ4v) is 0.717. The molecule has 0 spiro atoms. The summed E-state index contributed by atoms with van der Waals surface area (Å²) in [6.07, 6.45) is 0.643. The molecule has 0 saturated carbocycles. The second kappa shape index (κ2) is 8.93. The van der Waals surface area contributed by atoms with E-state index in [0.717, 1.165) is 13.0 Å². The average molecular weight is 178 g/mol. The molecular formula is C8H18O4. The van der Waals surface area contributed by atoms with E-state index in [4.69, 9.17) is 18.9 Å². The molecule has 0 bridgehead atoms. The summed E-state index contributed by atoms with van der Waals surface area (Å²) in [7, 11) is 4.85. The Labute approximate surface area is 73.7 Å². The van der Waals surface area contributed by atoms with Gasteiger partial charge >= 0.3 is 0 Å². The zero-order valence-corrected chi connectivity index (χ0v) is 8.04. The molecule has 0 aliphatic rings. The third kappa shape index (κ3) is 6.54. The second-order valence-corrected chi connectivity index (χ2v) is 2.32. The van der Waals surface area contributed by atoms with Crippen LogP contribution in [0.25, 0.3) is 0 Å². The summed E-state index contributed by atoms with van der Waals surface area (Å²) >= 11 is 0. The van der Waals surface area contributed by atoms with Gasteiger partial charge in [-0.2, -0.15) is 0 Å². The van der Waals surface area contributed by atoms with Crippen LogP contribution >= 0.6 is 0 Å². The van der Waals surface area contributed by atoms with Gasteiger partial charge in [0.25, 0.3) is 0 Å². The van der Waals surface area contributed by atoms with Gasteiger partial charge in [0.1, 0.15) is 0 Å². The van der Waals surface area contributed by atoms with E-state index in [2.05, 4.69) is 0 Å². The summed E-state index contributed by atoms with van der Waals surface area (Å²) in [5.41, 5.74) is 0. The highest BCUT2D eigenvalue weighted by molar-refractivity contribution is 4.39. The highest BCUT2D eigenvalue weighted by Gasteiger charge is 2.03. The Morgan fingerprint density at radius 3 is 2.17 bits per heavy atom. The first-order valence-electron chi connectivity index (χ1n) is 3.97. The molecule has 0 amide bonds. The van der Waals surface area contributed by atoms with Gasteiger partial charge in [-0.15, -0.1) is 0 Å². The van der Waals surface area contributed by atoms with Crippen molar-refractivity contribution < 1.29 is 18.9 Å². The van der Waals surface area contributed by atoms with Gasteiger partial charge in [-0.1, -0.05) is 0 Å². The van der Waals surface area contributed by atoms with Crippen LogP contribution in [0.3, 0.4) is 0 Å². The minimum atomic E-state index is -0.257. The van der Waals surface area contributed by atoms with Crippen molar-refractivity contribution in [1.29, 1.82) is 0 Å². The average Bonchev–Trinajstić information content (AvgIpc) is 2.11. The first-order chi connectivity index (χ1) is 5.85. The topological polar surface area (TPSA) is 36.9 Å². The van der Waals surface area contributed by atoms with Gasteiger partial charge in [0.05, 0.1) is 6.61 Å². The minimum Gasteiger partial charge on any atom is -0.385 e. The van der Waals surface area contributed by atoms with E-state index in [1.807, 2.05) is 0 Å². The standard InChI is InChI=1S/C8H18O4/c1-9-5-4-6-12-7-8(10-2)11-3/h8H,4-7H2,1-3H3. The number of ether oxygens (including phenoxy) is 4. The van der Waals surface area contributed by atoms with E-state index >= 15 is 0 Å². The van der Waals surface area contributed by atoms with Gasteiger partial charge in [0.15, 0.2) is 6.29 Å². The van der Waals surface area contributed by atoms with Crippen LogP contribution in [0.4, 0.5) is 0 Å². The van der Waals surface area contributed by atoms with E-state index in [9.17, 15) is 0 Å². The Bertz CT molecular complexity index is 83.1. The van der Waals surface area contributed by atoms with Crippen molar-refractivity contribution in [1.82, 2.24) is 0 Å². The largest absolute Gasteiger partial charge is 0.385 e. The lowest BCUT2D eigenvalue weighted by molar-refractivity contribution is -0.140. The molecule has 0 saturated heterocycles. The number of hydrogen-bond donors (Lipinski definition) is 0. The maximum atomic E-state index is 5.25. The van der Waals surface area contributed by atoms with Crippen molar-refractivity contribution in [3.63, 3.8) is 0 Å². The summed E-state index contributed by atoms with van der Waals surface area (Å²) < 4.78 is 20.0. The molecular weight excluding hydrogens is 160 g/mol. The normalized spacial score (nSPS) is 11.0. The first-order valence-corrected chi connectivity index (χ1v) is 3.97. The van der Waals surface area contributed by atoms with Crippen LogP contribution in [-0.4, -0.2) is 47.4 Å². The van der Waals surface area contributed by atoms with E-state index in [-0.39, 0.29) is 6.29 Å². The SMILES string of the molecule is COCCCOCC(OC)OC.